The lowest BCUT2D eigenvalue weighted by atomic mass is 10.2. The van der Waals surface area contributed by atoms with E-state index < -0.39 is 18.1 Å². The Morgan fingerprint density at radius 1 is 1.53 bits per heavy atom. The number of hydrogen-bond donors (Lipinski definition) is 2. The van der Waals surface area contributed by atoms with Gasteiger partial charge in [-0.15, -0.1) is 11.3 Å². The quantitative estimate of drug-likeness (QED) is 0.857. The molecule has 7 heteroatoms. The lowest BCUT2D eigenvalue weighted by Crippen LogP contribution is -2.40. The molecule has 0 aliphatic carbocycles. The number of amides is 1. The Bertz CT molecular complexity index is 461. The number of carbonyl (C=O) groups excluding carboxylic acids is 1. The third-order valence-electron chi connectivity index (χ3n) is 2.64. The molecule has 2 atom stereocenters. The van der Waals surface area contributed by atoms with Gasteiger partial charge in [0.05, 0.1) is 15.5 Å². The van der Waals surface area contributed by atoms with Crippen LogP contribution in [0.2, 0.25) is 0 Å². The summed E-state index contributed by atoms with van der Waals surface area (Å²) in [6, 6.07) is 0.715. The molecule has 1 aromatic heterocycles. The van der Waals surface area contributed by atoms with Crippen molar-refractivity contribution in [3.8, 4) is 0 Å². The molecule has 0 aromatic carbocycles. The summed E-state index contributed by atoms with van der Waals surface area (Å²) in [7, 11) is 0. The number of aliphatic hydroxyl groups is 1. The second-order valence-corrected chi connectivity index (χ2v) is 6.13. The Balaban J connectivity index is 2.21. The van der Waals surface area contributed by atoms with Crippen LogP contribution < -0.4 is 0 Å². The van der Waals surface area contributed by atoms with Crippen LogP contribution in [0.1, 0.15) is 16.8 Å². The predicted molar refractivity (Wildman–Crippen MR) is 65.1 cm³/mol. The van der Waals surface area contributed by atoms with Crippen molar-refractivity contribution in [1.29, 1.82) is 0 Å². The van der Waals surface area contributed by atoms with Gasteiger partial charge < -0.3 is 15.1 Å². The average Bonchev–Trinajstić information content (AvgIpc) is 2.83. The largest absolute Gasteiger partial charge is 0.480 e. The molecule has 1 aliphatic heterocycles. The third-order valence-corrected chi connectivity index (χ3v) is 4.14. The van der Waals surface area contributed by atoms with Gasteiger partial charge in [0.2, 0.25) is 0 Å². The summed E-state index contributed by atoms with van der Waals surface area (Å²) >= 11 is 4.61. The maximum atomic E-state index is 12.1. The summed E-state index contributed by atoms with van der Waals surface area (Å²) < 4.78 is 0.812. The first-order valence-corrected chi connectivity index (χ1v) is 6.62. The molecule has 1 fully saturated rings. The number of halogens is 1. The number of aliphatic hydroxyl groups excluding tert-OH is 1. The van der Waals surface area contributed by atoms with Crippen molar-refractivity contribution in [1.82, 2.24) is 4.90 Å². The highest BCUT2D eigenvalue weighted by atomic mass is 79.9. The molecule has 0 saturated carbocycles. The van der Waals surface area contributed by atoms with E-state index in [4.69, 9.17) is 5.11 Å². The lowest BCUT2D eigenvalue weighted by Gasteiger charge is -2.20. The molecule has 2 N–H and O–H groups in total. The van der Waals surface area contributed by atoms with Crippen LogP contribution in [-0.4, -0.2) is 45.7 Å². The molecule has 0 spiro atoms. The van der Waals surface area contributed by atoms with Gasteiger partial charge in [-0.1, -0.05) is 0 Å². The number of thiophene rings is 1. The van der Waals surface area contributed by atoms with Crippen LogP contribution in [0.15, 0.2) is 15.2 Å². The van der Waals surface area contributed by atoms with Crippen molar-refractivity contribution in [3.63, 3.8) is 0 Å². The molecule has 2 heterocycles. The highest BCUT2D eigenvalue weighted by molar-refractivity contribution is 9.11. The normalized spacial score (nSPS) is 24.0. The molecule has 1 amide bonds. The van der Waals surface area contributed by atoms with E-state index in [1.54, 1.807) is 11.4 Å². The first-order valence-electron chi connectivity index (χ1n) is 4.95. The topological polar surface area (TPSA) is 77.8 Å². The van der Waals surface area contributed by atoms with E-state index in [0.717, 1.165) is 3.79 Å². The number of carboxylic acid groups (broad SMARTS) is 1. The van der Waals surface area contributed by atoms with E-state index in [2.05, 4.69) is 15.9 Å². The van der Waals surface area contributed by atoms with E-state index in [9.17, 15) is 14.7 Å². The van der Waals surface area contributed by atoms with Gasteiger partial charge in [0.25, 0.3) is 5.91 Å². The lowest BCUT2D eigenvalue weighted by molar-refractivity contribution is -0.141. The number of likely N-dealkylation sites (tertiary alicyclic amines) is 1. The molecule has 17 heavy (non-hydrogen) atoms. The molecule has 92 valence electrons. The van der Waals surface area contributed by atoms with Crippen molar-refractivity contribution in [2.24, 2.45) is 0 Å². The molecule has 0 bridgehead atoms. The van der Waals surface area contributed by atoms with E-state index in [-0.39, 0.29) is 18.9 Å². The van der Waals surface area contributed by atoms with Crippen LogP contribution in [0.4, 0.5) is 0 Å². The fraction of sp³-hybridized carbons (Fsp3) is 0.400. The number of rotatable bonds is 2. The smallest absolute Gasteiger partial charge is 0.326 e. The number of carbonyl (C=O) groups is 2. The highest BCUT2D eigenvalue weighted by Gasteiger charge is 2.39. The Hall–Kier alpha value is -0.920. The summed E-state index contributed by atoms with van der Waals surface area (Å²) in [5, 5.41) is 20.1. The summed E-state index contributed by atoms with van der Waals surface area (Å²) in [5.41, 5.74) is 0.447. The van der Waals surface area contributed by atoms with Crippen molar-refractivity contribution < 1.29 is 19.8 Å². The average molecular weight is 320 g/mol. The zero-order chi connectivity index (χ0) is 12.6. The molecule has 0 unspecified atom stereocenters. The second kappa shape index (κ2) is 4.75. The minimum atomic E-state index is -1.08. The molecule has 5 nitrogen and oxygen atoms in total. The zero-order valence-electron chi connectivity index (χ0n) is 8.67. The molecule has 1 aromatic rings. The number of nitrogens with zero attached hydrogens (tertiary/aromatic N) is 1. The first kappa shape index (κ1) is 12.5. The van der Waals surface area contributed by atoms with Crippen LogP contribution >= 0.6 is 27.3 Å². The summed E-state index contributed by atoms with van der Waals surface area (Å²) in [5.74, 6) is -1.43. The van der Waals surface area contributed by atoms with Crippen LogP contribution in [0.5, 0.6) is 0 Å². The van der Waals surface area contributed by atoms with E-state index in [1.807, 2.05) is 0 Å². The molecule has 1 aliphatic rings. The number of hydrogen-bond acceptors (Lipinski definition) is 4. The fourth-order valence-electron chi connectivity index (χ4n) is 1.86. The molecule has 0 radical (unpaired) electrons. The Morgan fingerprint density at radius 2 is 2.24 bits per heavy atom. The third kappa shape index (κ3) is 2.51. The van der Waals surface area contributed by atoms with Gasteiger partial charge in [-0.3, -0.25) is 4.79 Å². The zero-order valence-corrected chi connectivity index (χ0v) is 11.1. The SMILES string of the molecule is O=C(O)[C@@H]1C[C@@H](O)CN1C(=O)c1csc(Br)c1. The first-order chi connectivity index (χ1) is 7.99. The fourth-order valence-corrected chi connectivity index (χ4v) is 2.99. The van der Waals surface area contributed by atoms with Crippen LogP contribution in [-0.2, 0) is 4.79 Å². The van der Waals surface area contributed by atoms with Gasteiger partial charge in [-0.2, -0.15) is 0 Å². The molecular formula is C10H10BrNO4S. The van der Waals surface area contributed by atoms with Crippen LogP contribution in [0.3, 0.4) is 0 Å². The maximum absolute atomic E-state index is 12.1. The summed E-state index contributed by atoms with van der Waals surface area (Å²) in [4.78, 5) is 24.3. The Labute approximate surface area is 110 Å². The molecule has 2 rings (SSSR count). The Morgan fingerprint density at radius 3 is 2.76 bits per heavy atom. The van der Waals surface area contributed by atoms with Gasteiger partial charge in [0.1, 0.15) is 6.04 Å². The van der Waals surface area contributed by atoms with Gasteiger partial charge in [0, 0.05) is 18.3 Å². The Kier molecular flexibility index (Phi) is 3.50. The second-order valence-electron chi connectivity index (χ2n) is 3.84. The van der Waals surface area contributed by atoms with Crippen LogP contribution in [0.25, 0.3) is 0 Å². The highest BCUT2D eigenvalue weighted by Crippen LogP contribution is 2.25. The molecular weight excluding hydrogens is 310 g/mol. The monoisotopic (exact) mass is 319 g/mol. The number of β-amino-alcohol motifs (C(OH)–C–C–N with tert-alkyl or cyclic N) is 1. The van der Waals surface area contributed by atoms with Gasteiger partial charge in [-0.25, -0.2) is 4.79 Å². The summed E-state index contributed by atoms with van der Waals surface area (Å²) in [6.07, 6.45) is -0.672. The standard InChI is InChI=1S/C10H10BrNO4S/c11-8-1-5(4-17-8)9(14)12-3-6(13)2-7(12)10(15)16/h1,4,6-7,13H,2-3H2,(H,15,16)/t6-,7+/m1/s1. The number of aliphatic carboxylic acids is 1. The van der Waals surface area contributed by atoms with Gasteiger partial charge in [-0.05, 0) is 22.0 Å². The van der Waals surface area contributed by atoms with Gasteiger partial charge >= 0.3 is 5.97 Å². The van der Waals surface area contributed by atoms with E-state index >= 15 is 0 Å². The van der Waals surface area contributed by atoms with Gasteiger partial charge in [0.15, 0.2) is 0 Å². The molecule has 1 saturated heterocycles. The maximum Gasteiger partial charge on any atom is 0.326 e. The minimum absolute atomic E-state index is 0.0727. The van der Waals surface area contributed by atoms with Crippen molar-refractivity contribution >= 4 is 39.1 Å². The van der Waals surface area contributed by atoms with Crippen molar-refractivity contribution in [2.75, 3.05) is 6.54 Å². The van der Waals surface area contributed by atoms with Crippen molar-refractivity contribution in [2.45, 2.75) is 18.6 Å². The number of carboxylic acids is 1. The van der Waals surface area contributed by atoms with Crippen LogP contribution in [0, 0.1) is 0 Å². The minimum Gasteiger partial charge on any atom is -0.480 e. The summed E-state index contributed by atoms with van der Waals surface area (Å²) in [6.45, 7) is 0.0727. The van der Waals surface area contributed by atoms with E-state index in [0.29, 0.717) is 5.56 Å². The predicted octanol–water partition coefficient (Wildman–Crippen LogP) is 1.17. The van der Waals surface area contributed by atoms with Crippen molar-refractivity contribution in [3.05, 3.63) is 20.8 Å². The van der Waals surface area contributed by atoms with E-state index in [1.165, 1.54) is 16.2 Å².